The largest absolute Gasteiger partial charge is 0.361 e. The average Bonchev–Trinajstić information content (AvgIpc) is 3.01. The number of nitro groups is 1. The Morgan fingerprint density at radius 3 is 2.90 bits per heavy atom. The van der Waals surface area contributed by atoms with E-state index in [2.05, 4.69) is 15.3 Å². The van der Waals surface area contributed by atoms with E-state index in [1.807, 2.05) is 24.4 Å². The first kappa shape index (κ1) is 13.4. The van der Waals surface area contributed by atoms with E-state index >= 15 is 0 Å². The van der Waals surface area contributed by atoms with Crippen molar-refractivity contribution in [2.24, 2.45) is 0 Å². The van der Waals surface area contributed by atoms with Crippen LogP contribution in [0.1, 0.15) is 18.0 Å². The summed E-state index contributed by atoms with van der Waals surface area (Å²) in [6.45, 7) is 2.01. The van der Waals surface area contributed by atoms with Gasteiger partial charge < -0.3 is 5.32 Å². The highest BCUT2D eigenvalue weighted by atomic mass is 32.1. The van der Waals surface area contributed by atoms with Crippen LogP contribution in [0.5, 0.6) is 0 Å². The molecule has 0 aliphatic rings. The van der Waals surface area contributed by atoms with Crippen LogP contribution < -0.4 is 5.32 Å². The number of anilines is 1. The number of rotatable bonds is 4. The molecule has 0 saturated heterocycles. The zero-order chi connectivity index (χ0) is 14.8. The Hall–Kier alpha value is -2.54. The molecule has 0 aliphatic carbocycles. The maximum Gasteiger partial charge on any atom is 0.270 e. The SMILES string of the molecule is CC(Nc1ccc2cc([N+](=O)[O-])ccc2n1)c1nccs1. The third-order valence-electron chi connectivity index (χ3n) is 3.07. The Labute approximate surface area is 124 Å². The van der Waals surface area contributed by atoms with E-state index in [1.165, 1.54) is 12.1 Å². The minimum atomic E-state index is -0.407. The summed E-state index contributed by atoms with van der Waals surface area (Å²) in [6.07, 6.45) is 1.77. The van der Waals surface area contributed by atoms with Crippen LogP contribution in [0, 0.1) is 10.1 Å². The first-order valence-electron chi connectivity index (χ1n) is 6.34. The third kappa shape index (κ3) is 2.82. The van der Waals surface area contributed by atoms with Gasteiger partial charge in [-0.05, 0) is 25.1 Å². The van der Waals surface area contributed by atoms with Crippen LogP contribution in [0.25, 0.3) is 10.9 Å². The molecule has 1 aromatic carbocycles. The lowest BCUT2D eigenvalue weighted by Gasteiger charge is -2.12. The van der Waals surface area contributed by atoms with Gasteiger partial charge >= 0.3 is 0 Å². The van der Waals surface area contributed by atoms with E-state index in [9.17, 15) is 10.1 Å². The highest BCUT2D eigenvalue weighted by Crippen LogP contribution is 2.24. The standard InChI is InChI=1S/C14H12N4O2S/c1-9(14-15-6-7-21-14)16-13-5-2-10-8-11(18(19)20)3-4-12(10)17-13/h2-9H,1H3,(H,16,17). The molecule has 1 atom stereocenters. The molecule has 2 aromatic heterocycles. The minimum Gasteiger partial charge on any atom is -0.361 e. The fourth-order valence-corrected chi connectivity index (χ4v) is 2.68. The van der Waals surface area contributed by atoms with Crippen LogP contribution in [0.4, 0.5) is 11.5 Å². The van der Waals surface area contributed by atoms with Gasteiger partial charge in [0.2, 0.25) is 0 Å². The molecule has 0 amide bonds. The molecule has 21 heavy (non-hydrogen) atoms. The van der Waals surface area contributed by atoms with Crippen molar-refractivity contribution in [2.75, 3.05) is 5.32 Å². The van der Waals surface area contributed by atoms with Crippen molar-refractivity contribution in [2.45, 2.75) is 13.0 Å². The van der Waals surface area contributed by atoms with E-state index in [0.717, 1.165) is 21.7 Å². The van der Waals surface area contributed by atoms with Crippen LogP contribution in [-0.2, 0) is 0 Å². The van der Waals surface area contributed by atoms with Crippen LogP contribution in [0.15, 0.2) is 41.9 Å². The number of aromatic nitrogens is 2. The number of thiazole rings is 1. The highest BCUT2D eigenvalue weighted by Gasteiger charge is 2.10. The third-order valence-corrected chi connectivity index (χ3v) is 4.03. The Morgan fingerprint density at radius 1 is 1.33 bits per heavy atom. The zero-order valence-electron chi connectivity index (χ0n) is 11.2. The second kappa shape index (κ2) is 5.45. The Morgan fingerprint density at radius 2 is 2.19 bits per heavy atom. The van der Waals surface area contributed by atoms with Gasteiger partial charge in [0, 0.05) is 29.1 Å². The lowest BCUT2D eigenvalue weighted by atomic mass is 10.2. The predicted octanol–water partition coefficient (Wildman–Crippen LogP) is 3.77. The Balaban J connectivity index is 1.87. The number of nitro benzene ring substituents is 1. The summed E-state index contributed by atoms with van der Waals surface area (Å²) in [4.78, 5) is 19.1. The van der Waals surface area contributed by atoms with Gasteiger partial charge in [0.25, 0.3) is 5.69 Å². The van der Waals surface area contributed by atoms with Gasteiger partial charge in [0.15, 0.2) is 0 Å². The van der Waals surface area contributed by atoms with Crippen molar-refractivity contribution in [3.8, 4) is 0 Å². The van der Waals surface area contributed by atoms with Crippen LogP contribution in [-0.4, -0.2) is 14.9 Å². The predicted molar refractivity (Wildman–Crippen MR) is 82.5 cm³/mol. The molecular weight excluding hydrogens is 288 g/mol. The molecule has 1 N–H and O–H groups in total. The summed E-state index contributed by atoms with van der Waals surface area (Å²) in [6, 6.07) is 8.35. The molecule has 0 fully saturated rings. The van der Waals surface area contributed by atoms with Gasteiger partial charge in [-0.15, -0.1) is 11.3 Å². The number of fused-ring (bicyclic) bond motifs is 1. The van der Waals surface area contributed by atoms with Gasteiger partial charge in [-0.3, -0.25) is 10.1 Å². The molecule has 0 aliphatic heterocycles. The molecule has 6 nitrogen and oxygen atoms in total. The molecule has 0 bridgehead atoms. The maximum atomic E-state index is 10.8. The molecular formula is C14H12N4O2S. The molecule has 0 spiro atoms. The van der Waals surface area contributed by atoms with Crippen molar-refractivity contribution in [1.29, 1.82) is 0 Å². The number of non-ortho nitro benzene ring substituents is 1. The van der Waals surface area contributed by atoms with Crippen molar-refractivity contribution in [3.05, 3.63) is 57.0 Å². The monoisotopic (exact) mass is 300 g/mol. The molecule has 0 saturated carbocycles. The second-order valence-electron chi connectivity index (χ2n) is 4.57. The van der Waals surface area contributed by atoms with Gasteiger partial charge in [-0.2, -0.15) is 0 Å². The lowest BCUT2D eigenvalue weighted by Crippen LogP contribution is -2.07. The second-order valence-corrected chi connectivity index (χ2v) is 5.49. The summed E-state index contributed by atoms with van der Waals surface area (Å²) in [5, 5.41) is 17.7. The molecule has 106 valence electrons. The smallest absolute Gasteiger partial charge is 0.270 e. The minimum absolute atomic E-state index is 0.0630. The topological polar surface area (TPSA) is 81.0 Å². The van der Waals surface area contributed by atoms with E-state index in [1.54, 1.807) is 23.6 Å². The van der Waals surface area contributed by atoms with E-state index < -0.39 is 4.92 Å². The fourth-order valence-electron chi connectivity index (χ4n) is 2.04. The average molecular weight is 300 g/mol. The molecule has 7 heteroatoms. The zero-order valence-corrected chi connectivity index (χ0v) is 12.0. The molecule has 3 rings (SSSR count). The van der Waals surface area contributed by atoms with Crippen molar-refractivity contribution < 1.29 is 4.92 Å². The van der Waals surface area contributed by atoms with Gasteiger partial charge in [-0.1, -0.05) is 0 Å². The van der Waals surface area contributed by atoms with Crippen LogP contribution >= 0.6 is 11.3 Å². The van der Waals surface area contributed by atoms with Crippen molar-refractivity contribution in [3.63, 3.8) is 0 Å². The molecule has 0 radical (unpaired) electrons. The highest BCUT2D eigenvalue weighted by molar-refractivity contribution is 7.09. The number of nitrogens with one attached hydrogen (secondary N) is 1. The summed E-state index contributed by atoms with van der Waals surface area (Å²) in [5.41, 5.74) is 0.790. The number of pyridine rings is 1. The van der Waals surface area contributed by atoms with E-state index in [4.69, 9.17) is 0 Å². The number of hydrogen-bond donors (Lipinski definition) is 1. The fraction of sp³-hybridized carbons (Fsp3) is 0.143. The number of hydrogen-bond acceptors (Lipinski definition) is 6. The van der Waals surface area contributed by atoms with Crippen molar-refractivity contribution >= 4 is 33.7 Å². The molecule has 3 aromatic rings. The molecule has 2 heterocycles. The summed E-state index contributed by atoms with van der Waals surface area (Å²) >= 11 is 1.58. The summed E-state index contributed by atoms with van der Waals surface area (Å²) in [7, 11) is 0. The molecule has 1 unspecified atom stereocenters. The lowest BCUT2D eigenvalue weighted by molar-refractivity contribution is -0.384. The van der Waals surface area contributed by atoms with Gasteiger partial charge in [-0.25, -0.2) is 9.97 Å². The van der Waals surface area contributed by atoms with E-state index in [0.29, 0.717) is 0 Å². The van der Waals surface area contributed by atoms with Crippen LogP contribution in [0.2, 0.25) is 0 Å². The number of nitrogens with zero attached hydrogens (tertiary/aromatic N) is 3. The van der Waals surface area contributed by atoms with Gasteiger partial charge in [0.1, 0.15) is 10.8 Å². The number of benzene rings is 1. The first-order valence-corrected chi connectivity index (χ1v) is 7.22. The van der Waals surface area contributed by atoms with E-state index in [-0.39, 0.29) is 11.7 Å². The Kier molecular flexibility index (Phi) is 3.49. The first-order chi connectivity index (χ1) is 10.1. The summed E-state index contributed by atoms with van der Waals surface area (Å²) < 4.78 is 0. The van der Waals surface area contributed by atoms with Gasteiger partial charge in [0.05, 0.1) is 16.5 Å². The maximum absolute atomic E-state index is 10.8. The van der Waals surface area contributed by atoms with Crippen LogP contribution in [0.3, 0.4) is 0 Å². The normalized spacial score (nSPS) is 12.2. The summed E-state index contributed by atoms with van der Waals surface area (Å²) in [5.74, 6) is 0.721. The Bertz CT molecular complexity index is 789. The van der Waals surface area contributed by atoms with Crippen molar-refractivity contribution in [1.82, 2.24) is 9.97 Å². The quantitative estimate of drug-likeness (QED) is 0.586.